The van der Waals surface area contributed by atoms with E-state index in [4.69, 9.17) is 0 Å². The van der Waals surface area contributed by atoms with Gasteiger partial charge in [-0.15, -0.1) is 0 Å². The molecule has 0 spiro atoms. The fourth-order valence-corrected chi connectivity index (χ4v) is 1.28. The average Bonchev–Trinajstić information content (AvgIpc) is 2.68. The van der Waals surface area contributed by atoms with Gasteiger partial charge in [-0.3, -0.25) is 0 Å². The Hall–Kier alpha value is -1.29. The van der Waals surface area contributed by atoms with E-state index in [9.17, 15) is 9.90 Å². The number of aliphatic hydroxyl groups is 1. The monoisotopic (exact) mass is 197 g/mol. The van der Waals surface area contributed by atoms with Gasteiger partial charge in [-0.05, 0) is 12.1 Å². The molecular weight excluding hydrogens is 182 g/mol. The first-order chi connectivity index (χ1) is 6.50. The fraction of sp³-hybridized carbons (Fsp3) is 0.500. The van der Waals surface area contributed by atoms with Crippen molar-refractivity contribution in [1.29, 1.82) is 0 Å². The van der Waals surface area contributed by atoms with Crippen LogP contribution in [-0.4, -0.2) is 29.3 Å². The number of carbonyl (C=O) groups excluding carboxylic acids is 1. The van der Waals surface area contributed by atoms with Crippen LogP contribution in [0.25, 0.3) is 0 Å². The summed E-state index contributed by atoms with van der Waals surface area (Å²) in [6, 6.07) is 3.65. The Morgan fingerprint density at radius 1 is 1.64 bits per heavy atom. The topological polar surface area (TPSA) is 62.3 Å². The van der Waals surface area contributed by atoms with Crippen LogP contribution in [0.3, 0.4) is 0 Å². The highest BCUT2D eigenvalue weighted by Gasteiger charge is 2.36. The smallest absolute Gasteiger partial charge is 0.335 e. The van der Waals surface area contributed by atoms with Gasteiger partial charge in [-0.2, -0.15) is 0 Å². The number of hydrogen-bond acceptors (Lipinski definition) is 3. The van der Waals surface area contributed by atoms with Crippen LogP contribution >= 0.6 is 0 Å². The predicted octanol–water partition coefficient (Wildman–Crippen LogP) is 0.826. The summed E-state index contributed by atoms with van der Waals surface area (Å²) in [5, 5.41) is 9.72. The van der Waals surface area contributed by atoms with Gasteiger partial charge in [0.25, 0.3) is 0 Å². The van der Waals surface area contributed by atoms with Crippen molar-refractivity contribution in [2.75, 3.05) is 7.11 Å². The SMILES string of the molecule is COC(=O)C(O)C(C)(C)c1ccc[nH]1. The summed E-state index contributed by atoms with van der Waals surface area (Å²) in [5.74, 6) is -0.621. The van der Waals surface area contributed by atoms with Crippen molar-refractivity contribution >= 4 is 5.97 Å². The third kappa shape index (κ3) is 1.80. The number of rotatable bonds is 3. The Morgan fingerprint density at radius 2 is 2.29 bits per heavy atom. The van der Waals surface area contributed by atoms with Gasteiger partial charge in [0, 0.05) is 17.3 Å². The van der Waals surface area contributed by atoms with Crippen LogP contribution in [0.1, 0.15) is 19.5 Å². The molecule has 0 fully saturated rings. The Kier molecular flexibility index (Phi) is 2.96. The Bertz CT molecular complexity index is 303. The van der Waals surface area contributed by atoms with E-state index in [-0.39, 0.29) is 0 Å². The van der Waals surface area contributed by atoms with Gasteiger partial charge in [0.05, 0.1) is 7.11 Å². The largest absolute Gasteiger partial charge is 0.467 e. The maximum atomic E-state index is 11.2. The number of methoxy groups -OCH3 is 1. The van der Waals surface area contributed by atoms with Crippen LogP contribution in [0, 0.1) is 0 Å². The number of aliphatic hydroxyl groups excluding tert-OH is 1. The minimum absolute atomic E-state index is 0.621. The molecule has 0 amide bonds. The van der Waals surface area contributed by atoms with Gasteiger partial charge >= 0.3 is 5.97 Å². The lowest BCUT2D eigenvalue weighted by molar-refractivity contribution is -0.153. The zero-order chi connectivity index (χ0) is 10.8. The number of ether oxygens (including phenoxy) is 1. The second kappa shape index (κ2) is 3.84. The van der Waals surface area contributed by atoms with Gasteiger partial charge in [0.1, 0.15) is 0 Å². The lowest BCUT2D eigenvalue weighted by Crippen LogP contribution is -2.40. The second-order valence-electron chi connectivity index (χ2n) is 3.73. The van der Waals surface area contributed by atoms with E-state index in [0.29, 0.717) is 0 Å². The summed E-state index contributed by atoms with van der Waals surface area (Å²) in [5.41, 5.74) is 0.131. The molecule has 0 saturated carbocycles. The quantitative estimate of drug-likeness (QED) is 0.705. The number of carbonyl (C=O) groups is 1. The summed E-state index contributed by atoms with van der Waals surface area (Å²) in [6.45, 7) is 3.56. The van der Waals surface area contributed by atoms with Crippen LogP contribution in [0.5, 0.6) is 0 Å². The number of aromatic amines is 1. The van der Waals surface area contributed by atoms with Gasteiger partial charge in [-0.25, -0.2) is 4.79 Å². The molecule has 0 aliphatic heterocycles. The molecule has 0 aliphatic carbocycles. The maximum absolute atomic E-state index is 11.2. The number of aromatic nitrogens is 1. The molecule has 78 valence electrons. The predicted molar refractivity (Wildman–Crippen MR) is 51.8 cm³/mol. The summed E-state index contributed by atoms with van der Waals surface area (Å²) >= 11 is 0. The van der Waals surface area contributed by atoms with E-state index in [1.165, 1.54) is 7.11 Å². The molecule has 0 radical (unpaired) electrons. The highest BCUT2D eigenvalue weighted by Crippen LogP contribution is 2.26. The zero-order valence-corrected chi connectivity index (χ0v) is 8.57. The molecule has 4 heteroatoms. The molecule has 1 aromatic rings. The van der Waals surface area contributed by atoms with Crippen molar-refractivity contribution in [1.82, 2.24) is 4.98 Å². The van der Waals surface area contributed by atoms with Crippen molar-refractivity contribution in [3.8, 4) is 0 Å². The summed E-state index contributed by atoms with van der Waals surface area (Å²) in [4.78, 5) is 14.1. The summed E-state index contributed by atoms with van der Waals surface area (Å²) < 4.78 is 4.49. The van der Waals surface area contributed by atoms with Crippen LogP contribution in [0.4, 0.5) is 0 Å². The van der Waals surface area contributed by atoms with Gasteiger partial charge in [0.15, 0.2) is 6.10 Å². The maximum Gasteiger partial charge on any atom is 0.335 e. The molecule has 1 aromatic heterocycles. The van der Waals surface area contributed by atoms with Crippen LogP contribution < -0.4 is 0 Å². The Labute approximate surface area is 82.9 Å². The standard InChI is InChI=1S/C10H15NO3/c1-10(2,7-5-4-6-11-7)8(12)9(13)14-3/h4-6,8,11-12H,1-3H3. The number of hydrogen-bond donors (Lipinski definition) is 2. The molecular formula is C10H15NO3. The van der Waals surface area contributed by atoms with Crippen molar-refractivity contribution in [3.05, 3.63) is 24.0 Å². The average molecular weight is 197 g/mol. The highest BCUT2D eigenvalue weighted by molar-refractivity contribution is 5.76. The molecule has 2 N–H and O–H groups in total. The molecule has 1 unspecified atom stereocenters. The first-order valence-electron chi connectivity index (χ1n) is 4.40. The molecule has 0 aliphatic rings. The summed E-state index contributed by atoms with van der Waals surface area (Å²) in [6.07, 6.45) is 0.590. The first-order valence-corrected chi connectivity index (χ1v) is 4.40. The minimum atomic E-state index is -1.16. The molecule has 0 aromatic carbocycles. The van der Waals surface area contributed by atoms with Crippen LogP contribution in [0.2, 0.25) is 0 Å². The van der Waals surface area contributed by atoms with Crippen molar-refractivity contribution in [2.45, 2.75) is 25.4 Å². The molecule has 0 bridgehead atoms. The molecule has 1 rings (SSSR count). The molecule has 4 nitrogen and oxygen atoms in total. The van der Waals surface area contributed by atoms with Gasteiger partial charge < -0.3 is 14.8 Å². The van der Waals surface area contributed by atoms with Crippen molar-refractivity contribution in [2.24, 2.45) is 0 Å². The van der Waals surface area contributed by atoms with E-state index < -0.39 is 17.5 Å². The normalized spacial score (nSPS) is 13.7. The number of H-pyrrole nitrogens is 1. The van der Waals surface area contributed by atoms with Crippen LogP contribution in [-0.2, 0) is 14.9 Å². The van der Waals surface area contributed by atoms with E-state index in [1.54, 1.807) is 20.0 Å². The lowest BCUT2D eigenvalue weighted by Gasteiger charge is -2.27. The molecule has 14 heavy (non-hydrogen) atoms. The molecule has 1 atom stereocenters. The zero-order valence-electron chi connectivity index (χ0n) is 8.57. The fourth-order valence-electron chi connectivity index (χ4n) is 1.28. The summed E-state index contributed by atoms with van der Waals surface area (Å²) in [7, 11) is 1.26. The number of nitrogens with one attached hydrogen (secondary N) is 1. The van der Waals surface area contributed by atoms with Gasteiger partial charge in [-0.1, -0.05) is 13.8 Å². The van der Waals surface area contributed by atoms with Crippen LogP contribution in [0.15, 0.2) is 18.3 Å². The number of esters is 1. The second-order valence-corrected chi connectivity index (χ2v) is 3.73. The molecule has 0 saturated heterocycles. The van der Waals surface area contributed by atoms with Crippen molar-refractivity contribution in [3.63, 3.8) is 0 Å². The van der Waals surface area contributed by atoms with E-state index in [2.05, 4.69) is 9.72 Å². The van der Waals surface area contributed by atoms with Crippen molar-refractivity contribution < 1.29 is 14.6 Å². The minimum Gasteiger partial charge on any atom is -0.467 e. The third-order valence-electron chi connectivity index (χ3n) is 2.40. The third-order valence-corrected chi connectivity index (χ3v) is 2.40. The Morgan fingerprint density at radius 3 is 2.71 bits per heavy atom. The van der Waals surface area contributed by atoms with E-state index in [1.807, 2.05) is 12.1 Å². The highest BCUT2D eigenvalue weighted by atomic mass is 16.5. The van der Waals surface area contributed by atoms with Gasteiger partial charge in [0.2, 0.25) is 0 Å². The van der Waals surface area contributed by atoms with E-state index in [0.717, 1.165) is 5.69 Å². The van der Waals surface area contributed by atoms with E-state index >= 15 is 0 Å². The Balaban J connectivity index is 2.90. The lowest BCUT2D eigenvalue weighted by atomic mass is 9.83. The molecule has 1 heterocycles. The first kappa shape index (κ1) is 10.8.